The van der Waals surface area contributed by atoms with Gasteiger partial charge in [0.2, 0.25) is 5.89 Å². The van der Waals surface area contributed by atoms with E-state index in [1.807, 2.05) is 18.3 Å². The number of nitrogens with one attached hydrogen (secondary N) is 2. The highest BCUT2D eigenvalue weighted by molar-refractivity contribution is 5.99. The number of hydrogen-bond acceptors (Lipinski definition) is 8. The van der Waals surface area contributed by atoms with Gasteiger partial charge in [-0.05, 0) is 31.5 Å². The maximum atomic E-state index is 13.9. The Morgan fingerprint density at radius 1 is 1.37 bits per heavy atom. The Kier molecular flexibility index (Phi) is 5.01. The Hall–Kier alpha value is -2.75. The SMILES string of the molecule is CCN[C@@H]1N=C2C(=CN1)C[N+]([O-])(Cc1ccc(-c3ncco3)nc1)CC1CCCN21. The predicted molar refractivity (Wildman–Crippen MR) is 113 cm³/mol. The van der Waals surface area contributed by atoms with Crippen molar-refractivity contribution in [3.05, 3.63) is 53.3 Å². The number of aromatic nitrogens is 2. The van der Waals surface area contributed by atoms with Gasteiger partial charge in [0.05, 0.1) is 24.4 Å². The summed E-state index contributed by atoms with van der Waals surface area (Å²) in [5, 5.41) is 20.5. The molecule has 0 aromatic carbocycles. The summed E-state index contributed by atoms with van der Waals surface area (Å²) in [4.78, 5) is 15.8. The summed E-state index contributed by atoms with van der Waals surface area (Å²) in [7, 11) is 0. The maximum Gasteiger partial charge on any atom is 0.244 e. The quantitative estimate of drug-likeness (QED) is 0.574. The Bertz CT molecular complexity index is 941. The smallest absolute Gasteiger partial charge is 0.244 e. The molecule has 2 aromatic heterocycles. The fourth-order valence-electron chi connectivity index (χ4n) is 4.67. The van der Waals surface area contributed by atoms with Crippen molar-refractivity contribution in [1.29, 1.82) is 0 Å². The van der Waals surface area contributed by atoms with Crippen molar-refractivity contribution in [2.24, 2.45) is 4.99 Å². The first-order valence-corrected chi connectivity index (χ1v) is 10.6. The van der Waals surface area contributed by atoms with Crippen molar-refractivity contribution in [1.82, 2.24) is 25.5 Å². The van der Waals surface area contributed by atoms with Crippen molar-refractivity contribution < 1.29 is 9.06 Å². The summed E-state index contributed by atoms with van der Waals surface area (Å²) >= 11 is 0. The normalized spacial score (nSPS) is 28.1. The van der Waals surface area contributed by atoms with Crippen LogP contribution in [0.15, 0.2) is 52.0 Å². The molecule has 2 unspecified atom stereocenters. The Balaban J connectivity index is 1.38. The number of nitrogens with zero attached hydrogens (tertiary/aromatic N) is 5. The number of pyridine rings is 1. The van der Waals surface area contributed by atoms with Gasteiger partial charge in [0.15, 0.2) is 6.29 Å². The average Bonchev–Trinajstić information content (AvgIpc) is 3.40. The van der Waals surface area contributed by atoms with Gasteiger partial charge in [0.25, 0.3) is 0 Å². The third-order valence-corrected chi connectivity index (χ3v) is 5.95. The lowest BCUT2D eigenvalue weighted by molar-refractivity contribution is -0.889. The number of oxazole rings is 1. The van der Waals surface area contributed by atoms with Crippen LogP contribution in [0.2, 0.25) is 0 Å². The van der Waals surface area contributed by atoms with Gasteiger partial charge in [-0.1, -0.05) is 6.92 Å². The van der Waals surface area contributed by atoms with Crippen molar-refractivity contribution in [2.75, 3.05) is 26.2 Å². The molecule has 0 aliphatic carbocycles. The molecule has 158 valence electrons. The topological polar surface area (TPSA) is 102 Å². The molecule has 2 aromatic rings. The fourth-order valence-corrected chi connectivity index (χ4v) is 4.67. The van der Waals surface area contributed by atoms with E-state index in [9.17, 15) is 5.21 Å². The van der Waals surface area contributed by atoms with E-state index in [1.165, 1.54) is 6.26 Å². The van der Waals surface area contributed by atoms with Crippen LogP contribution in [0.5, 0.6) is 0 Å². The predicted octanol–water partition coefficient (Wildman–Crippen LogP) is 1.81. The van der Waals surface area contributed by atoms with Crippen LogP contribution in [0.25, 0.3) is 11.6 Å². The molecule has 9 nitrogen and oxygen atoms in total. The summed E-state index contributed by atoms with van der Waals surface area (Å²) in [6.45, 7) is 5.20. The van der Waals surface area contributed by atoms with E-state index in [2.05, 4.69) is 32.4 Å². The van der Waals surface area contributed by atoms with Gasteiger partial charge < -0.3 is 24.5 Å². The van der Waals surface area contributed by atoms with Crippen LogP contribution in [0.1, 0.15) is 25.3 Å². The first-order chi connectivity index (χ1) is 14.6. The summed E-state index contributed by atoms with van der Waals surface area (Å²) in [6.07, 6.45) is 8.87. The van der Waals surface area contributed by atoms with E-state index in [1.54, 1.807) is 12.4 Å². The van der Waals surface area contributed by atoms with Gasteiger partial charge >= 0.3 is 0 Å². The van der Waals surface area contributed by atoms with Gasteiger partial charge in [0, 0.05) is 24.5 Å². The monoisotopic (exact) mass is 409 g/mol. The number of rotatable bonds is 5. The van der Waals surface area contributed by atoms with Crippen LogP contribution in [0, 0.1) is 5.21 Å². The van der Waals surface area contributed by atoms with Crippen LogP contribution >= 0.6 is 0 Å². The molecule has 0 bridgehead atoms. The summed E-state index contributed by atoms with van der Waals surface area (Å²) < 4.78 is 4.99. The van der Waals surface area contributed by atoms with Gasteiger partial charge in [-0.25, -0.2) is 9.98 Å². The van der Waals surface area contributed by atoms with Crippen molar-refractivity contribution in [2.45, 2.75) is 38.6 Å². The van der Waals surface area contributed by atoms with Crippen LogP contribution < -0.4 is 10.6 Å². The second kappa shape index (κ2) is 7.82. The first-order valence-electron chi connectivity index (χ1n) is 10.6. The zero-order chi connectivity index (χ0) is 20.6. The molecular formula is C21H27N7O2. The van der Waals surface area contributed by atoms with E-state index in [-0.39, 0.29) is 17.0 Å². The largest absolute Gasteiger partial charge is 0.632 e. The summed E-state index contributed by atoms with van der Waals surface area (Å²) in [6, 6.07) is 4.04. The zero-order valence-corrected chi connectivity index (χ0v) is 17.1. The van der Waals surface area contributed by atoms with E-state index in [0.29, 0.717) is 31.2 Å². The summed E-state index contributed by atoms with van der Waals surface area (Å²) in [5.41, 5.74) is 2.58. The number of aliphatic imine (C=N–C) groups is 1. The zero-order valence-electron chi connectivity index (χ0n) is 17.1. The lowest BCUT2D eigenvalue weighted by atomic mass is 10.1. The molecule has 5 rings (SSSR count). The summed E-state index contributed by atoms with van der Waals surface area (Å²) in [5.74, 6) is 1.47. The number of hydrogen-bond donors (Lipinski definition) is 2. The fraction of sp³-hybridized carbons (Fsp3) is 0.476. The molecule has 30 heavy (non-hydrogen) atoms. The Labute approximate surface area is 175 Å². The number of amidine groups is 1. The van der Waals surface area contributed by atoms with Crippen LogP contribution in [0.3, 0.4) is 0 Å². The van der Waals surface area contributed by atoms with Gasteiger partial charge in [0.1, 0.15) is 30.9 Å². The first kappa shape index (κ1) is 19.2. The Morgan fingerprint density at radius 3 is 3.07 bits per heavy atom. The van der Waals surface area contributed by atoms with Crippen LogP contribution in [0.4, 0.5) is 0 Å². The molecule has 3 aliphatic heterocycles. The molecule has 3 atom stereocenters. The average molecular weight is 409 g/mol. The van der Waals surface area contributed by atoms with Crippen molar-refractivity contribution in [3.8, 4) is 11.6 Å². The molecule has 2 fully saturated rings. The molecule has 5 heterocycles. The molecule has 9 heteroatoms. The second-order valence-electron chi connectivity index (χ2n) is 8.18. The Morgan fingerprint density at radius 2 is 2.30 bits per heavy atom. The third kappa shape index (κ3) is 3.71. The standard InChI is InChI=1S/C21H27N7O2/c1-2-22-21-25-11-16-13-28(29,14-17-4-3-8-27(17)19(16)26-21)12-15-5-6-18(24-10-15)20-23-7-9-30-20/h5-7,9-11,17,21-22,25H,2-4,8,12-14H2,1H3/t17?,21-,28?/m0/s1. The minimum Gasteiger partial charge on any atom is -0.632 e. The second-order valence-corrected chi connectivity index (χ2v) is 8.18. The highest BCUT2D eigenvalue weighted by Gasteiger charge is 2.40. The highest BCUT2D eigenvalue weighted by atomic mass is 16.5. The number of fused-ring (bicyclic) bond motifs is 3. The molecule has 3 aliphatic rings. The molecule has 0 saturated carbocycles. The highest BCUT2D eigenvalue weighted by Crippen LogP contribution is 2.31. The maximum absolute atomic E-state index is 13.9. The number of quaternary nitrogens is 1. The minimum atomic E-state index is -0.306. The van der Waals surface area contributed by atoms with E-state index in [0.717, 1.165) is 42.9 Å². The lowest BCUT2D eigenvalue weighted by Gasteiger charge is -2.43. The molecule has 0 spiro atoms. The third-order valence-electron chi connectivity index (χ3n) is 5.95. The van der Waals surface area contributed by atoms with Gasteiger partial charge in [-0.3, -0.25) is 10.3 Å². The number of hydroxylamine groups is 3. The minimum absolute atomic E-state index is 0.131. The molecule has 2 saturated heterocycles. The van der Waals surface area contributed by atoms with E-state index in [4.69, 9.17) is 9.41 Å². The molecule has 0 amide bonds. The van der Waals surface area contributed by atoms with E-state index >= 15 is 0 Å². The van der Waals surface area contributed by atoms with Gasteiger partial charge in [-0.2, -0.15) is 0 Å². The molecular weight excluding hydrogens is 382 g/mol. The van der Waals surface area contributed by atoms with E-state index < -0.39 is 0 Å². The van der Waals surface area contributed by atoms with Crippen molar-refractivity contribution in [3.63, 3.8) is 0 Å². The van der Waals surface area contributed by atoms with Crippen LogP contribution in [-0.4, -0.2) is 63.9 Å². The lowest BCUT2D eigenvalue weighted by Crippen LogP contribution is -2.47. The van der Waals surface area contributed by atoms with Gasteiger partial charge in [-0.15, -0.1) is 0 Å². The van der Waals surface area contributed by atoms with Crippen molar-refractivity contribution >= 4 is 5.84 Å². The molecule has 0 radical (unpaired) electrons. The van der Waals surface area contributed by atoms with Crippen LogP contribution in [-0.2, 0) is 6.54 Å². The molecule has 2 N–H and O–H groups in total.